The van der Waals surface area contributed by atoms with E-state index in [1.165, 1.54) is 0 Å². The fourth-order valence-corrected chi connectivity index (χ4v) is 1.39. The Morgan fingerprint density at radius 2 is 2.36 bits per heavy atom. The highest BCUT2D eigenvalue weighted by atomic mass is 16.3. The van der Waals surface area contributed by atoms with Gasteiger partial charge in [0.15, 0.2) is 0 Å². The largest absolute Gasteiger partial charge is 0.398 e. The van der Waals surface area contributed by atoms with E-state index in [-0.39, 0.29) is 0 Å². The second-order valence-corrected chi connectivity index (χ2v) is 2.70. The average Bonchev–Trinajstić information content (AvgIpc) is 2.35. The molecule has 0 saturated heterocycles. The summed E-state index contributed by atoms with van der Waals surface area (Å²) < 4.78 is 0. The molecule has 1 aliphatic heterocycles. The average molecular weight is 150 g/mol. The molecule has 3 nitrogen and oxygen atoms in total. The minimum Gasteiger partial charge on any atom is -0.398 e. The Morgan fingerprint density at radius 3 is 3.09 bits per heavy atom. The molecule has 2 rings (SSSR count). The molecule has 0 saturated carbocycles. The summed E-state index contributed by atoms with van der Waals surface area (Å²) in [6.07, 6.45) is -0.534. The van der Waals surface area contributed by atoms with Crippen LogP contribution in [0.4, 0.5) is 5.69 Å². The van der Waals surface area contributed by atoms with Crippen LogP contribution in [0.25, 0.3) is 0 Å². The van der Waals surface area contributed by atoms with Gasteiger partial charge in [-0.25, -0.2) is 0 Å². The van der Waals surface area contributed by atoms with Crippen LogP contribution >= 0.6 is 0 Å². The molecule has 58 valence electrons. The fourth-order valence-electron chi connectivity index (χ4n) is 1.39. The van der Waals surface area contributed by atoms with Gasteiger partial charge in [-0.15, -0.1) is 0 Å². The molecule has 1 unspecified atom stereocenters. The number of hydrogen-bond acceptors (Lipinski definition) is 3. The van der Waals surface area contributed by atoms with Crippen molar-refractivity contribution in [2.75, 3.05) is 5.73 Å². The summed E-state index contributed by atoms with van der Waals surface area (Å²) in [4.78, 5) is 0. The van der Waals surface area contributed by atoms with Gasteiger partial charge in [-0.2, -0.15) is 0 Å². The molecule has 4 N–H and O–H groups in total. The van der Waals surface area contributed by atoms with E-state index < -0.39 is 6.23 Å². The maximum Gasteiger partial charge on any atom is 0.131 e. The van der Waals surface area contributed by atoms with Gasteiger partial charge in [0.1, 0.15) is 6.23 Å². The number of benzene rings is 1. The normalized spacial score (nSPS) is 21.7. The first-order valence-electron chi connectivity index (χ1n) is 3.58. The molecule has 0 fully saturated rings. The third-order valence-corrected chi connectivity index (χ3v) is 2.02. The molecule has 0 spiro atoms. The number of rotatable bonds is 0. The summed E-state index contributed by atoms with van der Waals surface area (Å²) in [6.45, 7) is 0.670. The second kappa shape index (κ2) is 2.22. The van der Waals surface area contributed by atoms with Gasteiger partial charge in [0, 0.05) is 17.8 Å². The molecular formula is C8H10N2O. The summed E-state index contributed by atoms with van der Waals surface area (Å²) in [6, 6.07) is 5.58. The third kappa shape index (κ3) is 0.895. The maximum absolute atomic E-state index is 9.34. The standard InChI is InChI=1S/C8H10N2O/c9-7-3-1-2-5-6(7)4-10-8(5)11/h1-3,8,10-11H,4,9H2. The molecule has 0 aliphatic carbocycles. The first-order chi connectivity index (χ1) is 5.29. The van der Waals surface area contributed by atoms with Gasteiger partial charge >= 0.3 is 0 Å². The Balaban J connectivity index is 2.57. The Bertz CT molecular complexity index is 285. The molecule has 1 aromatic rings. The predicted octanol–water partition coefficient (Wildman–Crippen LogP) is 0.363. The van der Waals surface area contributed by atoms with Crippen molar-refractivity contribution in [1.82, 2.24) is 5.32 Å². The lowest BCUT2D eigenvalue weighted by molar-refractivity contribution is 0.151. The van der Waals surface area contributed by atoms with Crippen molar-refractivity contribution in [2.24, 2.45) is 0 Å². The Labute approximate surface area is 64.8 Å². The monoisotopic (exact) mass is 150 g/mol. The van der Waals surface area contributed by atoms with Crippen LogP contribution < -0.4 is 11.1 Å². The van der Waals surface area contributed by atoms with Gasteiger partial charge < -0.3 is 10.8 Å². The zero-order valence-corrected chi connectivity index (χ0v) is 6.04. The van der Waals surface area contributed by atoms with E-state index in [0.717, 1.165) is 16.8 Å². The van der Waals surface area contributed by atoms with Gasteiger partial charge in [-0.1, -0.05) is 12.1 Å². The predicted molar refractivity (Wildman–Crippen MR) is 42.7 cm³/mol. The van der Waals surface area contributed by atoms with Crippen molar-refractivity contribution < 1.29 is 5.11 Å². The first kappa shape index (κ1) is 6.64. The smallest absolute Gasteiger partial charge is 0.131 e. The minimum atomic E-state index is -0.534. The second-order valence-electron chi connectivity index (χ2n) is 2.70. The molecule has 1 aliphatic rings. The van der Waals surface area contributed by atoms with Crippen LogP contribution in [0.2, 0.25) is 0 Å². The molecule has 1 heterocycles. The molecule has 0 amide bonds. The van der Waals surface area contributed by atoms with Crippen LogP contribution in [0.5, 0.6) is 0 Å². The highest BCUT2D eigenvalue weighted by Gasteiger charge is 2.20. The molecule has 0 radical (unpaired) electrons. The molecule has 0 bridgehead atoms. The highest BCUT2D eigenvalue weighted by molar-refractivity contribution is 5.53. The number of aliphatic hydroxyl groups excluding tert-OH is 1. The number of nitrogens with one attached hydrogen (secondary N) is 1. The van der Waals surface area contributed by atoms with E-state index in [4.69, 9.17) is 5.73 Å². The fraction of sp³-hybridized carbons (Fsp3) is 0.250. The molecule has 3 heteroatoms. The van der Waals surface area contributed by atoms with E-state index >= 15 is 0 Å². The molecule has 1 atom stereocenters. The molecule has 1 aromatic carbocycles. The third-order valence-electron chi connectivity index (χ3n) is 2.02. The van der Waals surface area contributed by atoms with Crippen molar-refractivity contribution in [3.05, 3.63) is 29.3 Å². The molecule has 0 aromatic heterocycles. The van der Waals surface area contributed by atoms with E-state index in [9.17, 15) is 5.11 Å². The number of nitrogen functional groups attached to an aromatic ring is 1. The summed E-state index contributed by atoms with van der Waals surface area (Å²) in [5.41, 5.74) is 8.37. The number of nitrogens with two attached hydrogens (primary N) is 1. The lowest BCUT2D eigenvalue weighted by Crippen LogP contribution is -2.09. The van der Waals surface area contributed by atoms with Crippen LogP contribution in [0.1, 0.15) is 17.4 Å². The van der Waals surface area contributed by atoms with Gasteiger partial charge in [-0.05, 0) is 11.6 Å². The number of hydrogen-bond donors (Lipinski definition) is 3. The van der Waals surface area contributed by atoms with E-state index in [1.54, 1.807) is 0 Å². The van der Waals surface area contributed by atoms with E-state index in [1.807, 2.05) is 18.2 Å². The van der Waals surface area contributed by atoms with Gasteiger partial charge in [0.05, 0.1) is 0 Å². The lowest BCUT2D eigenvalue weighted by Gasteiger charge is -2.03. The topological polar surface area (TPSA) is 58.3 Å². The number of aliphatic hydroxyl groups is 1. The molecular weight excluding hydrogens is 140 g/mol. The maximum atomic E-state index is 9.34. The van der Waals surface area contributed by atoms with Gasteiger partial charge in [-0.3, -0.25) is 5.32 Å². The Morgan fingerprint density at radius 1 is 1.55 bits per heavy atom. The van der Waals surface area contributed by atoms with Gasteiger partial charge in [0.25, 0.3) is 0 Å². The lowest BCUT2D eigenvalue weighted by atomic mass is 10.1. The van der Waals surface area contributed by atoms with Crippen molar-refractivity contribution >= 4 is 5.69 Å². The number of anilines is 1. The summed E-state index contributed by atoms with van der Waals surface area (Å²) in [5, 5.41) is 12.2. The summed E-state index contributed by atoms with van der Waals surface area (Å²) in [7, 11) is 0. The quantitative estimate of drug-likeness (QED) is 0.468. The van der Waals surface area contributed by atoms with Crippen LogP contribution in [-0.4, -0.2) is 5.11 Å². The van der Waals surface area contributed by atoms with Crippen LogP contribution in [0, 0.1) is 0 Å². The number of fused-ring (bicyclic) bond motifs is 1. The van der Waals surface area contributed by atoms with E-state index in [2.05, 4.69) is 5.32 Å². The Hall–Kier alpha value is -1.06. The highest BCUT2D eigenvalue weighted by Crippen LogP contribution is 2.27. The zero-order chi connectivity index (χ0) is 7.84. The first-order valence-corrected chi connectivity index (χ1v) is 3.58. The van der Waals surface area contributed by atoms with Crippen LogP contribution in [0.15, 0.2) is 18.2 Å². The SMILES string of the molecule is Nc1cccc2c1CNC2O. The van der Waals surface area contributed by atoms with Crippen LogP contribution in [-0.2, 0) is 6.54 Å². The molecule has 11 heavy (non-hydrogen) atoms. The van der Waals surface area contributed by atoms with Gasteiger partial charge in [0.2, 0.25) is 0 Å². The van der Waals surface area contributed by atoms with E-state index in [0.29, 0.717) is 6.54 Å². The Kier molecular flexibility index (Phi) is 1.34. The van der Waals surface area contributed by atoms with Crippen molar-refractivity contribution in [3.8, 4) is 0 Å². The minimum absolute atomic E-state index is 0.534. The van der Waals surface area contributed by atoms with Crippen LogP contribution in [0.3, 0.4) is 0 Å². The summed E-state index contributed by atoms with van der Waals surface area (Å²) in [5.74, 6) is 0. The van der Waals surface area contributed by atoms with Crippen molar-refractivity contribution in [1.29, 1.82) is 0 Å². The van der Waals surface area contributed by atoms with Crippen molar-refractivity contribution in [3.63, 3.8) is 0 Å². The zero-order valence-electron chi connectivity index (χ0n) is 6.04. The summed E-state index contributed by atoms with van der Waals surface area (Å²) >= 11 is 0. The van der Waals surface area contributed by atoms with Crippen molar-refractivity contribution in [2.45, 2.75) is 12.8 Å².